The largest absolute Gasteiger partial charge is 0.478 e. The number of aliphatic carboxylic acids is 2. The number of thiazole rings is 1. The van der Waals surface area contributed by atoms with E-state index in [-0.39, 0.29) is 34.1 Å². The quantitative estimate of drug-likeness (QED) is 0.112. The van der Waals surface area contributed by atoms with Crippen molar-refractivity contribution in [3.05, 3.63) is 34.2 Å². The zero-order valence-corrected chi connectivity index (χ0v) is 23.4. The summed E-state index contributed by atoms with van der Waals surface area (Å²) in [5.74, 6) is -3.60. The maximum absolute atomic E-state index is 13.3. The standard InChI is InChI=1S/C23H27N9O7S2/c1-23(2,21(37)38)39-30-13(10-7-41-22(26)27-10)17(33)29-14-18(34)32-15(20(35)36)9(6-40-19(14)32)16-28-11(24)5-12(25)31(16)8-3-4-8/h5,7-8,12,14,19H,3-4,6,24-25H2,1-2H3,(H2,26,27)(H,29,33)(H,35,36)(H,37,38)/b30-13-/t12?,14?,19-/m0/s1. The second-order valence-corrected chi connectivity index (χ2v) is 12.1. The van der Waals surface area contributed by atoms with Crippen LogP contribution >= 0.6 is 23.1 Å². The molecule has 0 aromatic carbocycles. The average molecular weight is 606 g/mol. The smallest absolute Gasteiger partial charge is 0.353 e. The molecule has 4 heterocycles. The third kappa shape index (κ3) is 5.20. The number of carbonyl (C=O) groups is 4. The lowest BCUT2D eigenvalue weighted by Gasteiger charge is -2.50. The van der Waals surface area contributed by atoms with Crippen molar-refractivity contribution < 1.29 is 34.2 Å². The zero-order chi connectivity index (χ0) is 29.8. The summed E-state index contributed by atoms with van der Waals surface area (Å²) in [6, 6.07) is -1.03. The van der Waals surface area contributed by atoms with Crippen LogP contribution in [0.2, 0.25) is 0 Å². The molecule has 1 saturated heterocycles. The number of anilines is 1. The maximum Gasteiger partial charge on any atom is 0.353 e. The van der Waals surface area contributed by atoms with E-state index in [9.17, 15) is 29.4 Å². The van der Waals surface area contributed by atoms with Crippen molar-refractivity contribution in [3.8, 4) is 0 Å². The van der Waals surface area contributed by atoms with Gasteiger partial charge in [0, 0.05) is 22.7 Å². The summed E-state index contributed by atoms with van der Waals surface area (Å²) < 4.78 is 0. The molecule has 41 heavy (non-hydrogen) atoms. The van der Waals surface area contributed by atoms with Gasteiger partial charge in [-0.05, 0) is 32.8 Å². The van der Waals surface area contributed by atoms with Crippen molar-refractivity contribution in [2.75, 3.05) is 11.5 Å². The number of carbonyl (C=O) groups excluding carboxylic acids is 2. The van der Waals surface area contributed by atoms with Gasteiger partial charge in [0.15, 0.2) is 10.8 Å². The monoisotopic (exact) mass is 605 g/mol. The summed E-state index contributed by atoms with van der Waals surface area (Å²) in [6.45, 7) is 2.48. The molecule has 16 nitrogen and oxygen atoms in total. The maximum atomic E-state index is 13.3. The van der Waals surface area contributed by atoms with Crippen LogP contribution < -0.4 is 22.5 Å². The molecule has 4 aliphatic rings. The highest BCUT2D eigenvalue weighted by Gasteiger charge is 2.56. The molecule has 5 rings (SSSR count). The van der Waals surface area contributed by atoms with Crippen molar-refractivity contribution in [3.63, 3.8) is 0 Å². The van der Waals surface area contributed by atoms with Gasteiger partial charge in [-0.2, -0.15) is 0 Å². The highest BCUT2D eigenvalue weighted by molar-refractivity contribution is 8.00. The normalized spacial score (nSPS) is 24.7. The molecular weight excluding hydrogens is 578 g/mol. The Morgan fingerprint density at radius 3 is 2.54 bits per heavy atom. The van der Waals surface area contributed by atoms with Gasteiger partial charge in [0.1, 0.15) is 40.6 Å². The molecule has 0 radical (unpaired) electrons. The predicted octanol–water partition coefficient (Wildman–Crippen LogP) is -0.991. The molecule has 2 amide bonds. The molecule has 3 aliphatic heterocycles. The van der Waals surface area contributed by atoms with Crippen LogP contribution in [0.5, 0.6) is 0 Å². The number of nitrogens with one attached hydrogen (secondary N) is 1. The molecule has 1 aromatic heterocycles. The molecule has 3 atom stereocenters. The van der Waals surface area contributed by atoms with E-state index >= 15 is 0 Å². The van der Waals surface area contributed by atoms with E-state index in [0.717, 1.165) is 29.1 Å². The number of rotatable bonds is 9. The number of amidine groups is 1. The van der Waals surface area contributed by atoms with Crippen molar-refractivity contribution >= 4 is 63.5 Å². The Labute approximate surface area is 240 Å². The van der Waals surface area contributed by atoms with Gasteiger partial charge in [0.05, 0.1) is 0 Å². The van der Waals surface area contributed by atoms with Crippen LogP contribution in [0.4, 0.5) is 5.13 Å². The SMILES string of the molecule is CC(C)(O/N=C(\C(=O)NC1C(=O)N2C(C(=O)O)=C(C3=NC(N)=CC(N)N3C3CC3)CS[C@@H]12)c1csc(N)n1)C(=O)O. The van der Waals surface area contributed by atoms with Crippen LogP contribution in [-0.2, 0) is 24.0 Å². The van der Waals surface area contributed by atoms with Crippen LogP contribution in [-0.4, -0.2) is 95.3 Å². The Morgan fingerprint density at radius 2 is 1.95 bits per heavy atom. The third-order valence-electron chi connectivity index (χ3n) is 6.67. The second kappa shape index (κ2) is 10.3. The van der Waals surface area contributed by atoms with E-state index in [1.165, 1.54) is 31.0 Å². The summed E-state index contributed by atoms with van der Waals surface area (Å²) in [6.07, 6.45) is 2.72. The van der Waals surface area contributed by atoms with Crippen molar-refractivity contribution in [2.45, 2.75) is 55.9 Å². The van der Waals surface area contributed by atoms with E-state index in [1.807, 2.05) is 4.90 Å². The molecule has 1 aliphatic carbocycles. The number of thioether (sulfide) groups is 1. The highest BCUT2D eigenvalue weighted by atomic mass is 32.2. The zero-order valence-electron chi connectivity index (χ0n) is 21.8. The molecule has 0 spiro atoms. The molecule has 218 valence electrons. The number of carboxylic acids is 2. The minimum absolute atomic E-state index is 0.0111. The average Bonchev–Trinajstić information content (AvgIpc) is 3.64. The highest BCUT2D eigenvalue weighted by Crippen LogP contribution is 2.42. The number of nitrogen functional groups attached to an aromatic ring is 1. The van der Waals surface area contributed by atoms with Crippen molar-refractivity contribution in [1.29, 1.82) is 0 Å². The molecule has 2 fully saturated rings. The lowest BCUT2D eigenvalue weighted by Crippen LogP contribution is -2.71. The summed E-state index contributed by atoms with van der Waals surface area (Å²) >= 11 is 2.26. The molecule has 2 unspecified atom stereocenters. The van der Waals surface area contributed by atoms with E-state index in [1.54, 1.807) is 6.08 Å². The van der Waals surface area contributed by atoms with Crippen molar-refractivity contribution in [2.24, 2.45) is 21.6 Å². The first kappa shape index (κ1) is 28.4. The number of aliphatic imine (C=N–C) groups is 1. The minimum Gasteiger partial charge on any atom is -0.478 e. The van der Waals surface area contributed by atoms with Crippen LogP contribution in [0, 0.1) is 0 Å². The van der Waals surface area contributed by atoms with Gasteiger partial charge in [-0.15, -0.1) is 23.1 Å². The molecule has 9 N–H and O–H groups in total. The third-order valence-corrected chi connectivity index (χ3v) is 8.62. The number of amides is 2. The summed E-state index contributed by atoms with van der Waals surface area (Å²) in [4.78, 5) is 66.9. The Hall–Kier alpha value is -4.16. The molecular formula is C23H27N9O7S2. The Balaban J connectivity index is 1.41. The van der Waals surface area contributed by atoms with E-state index in [0.29, 0.717) is 11.4 Å². The predicted molar refractivity (Wildman–Crippen MR) is 148 cm³/mol. The van der Waals surface area contributed by atoms with Gasteiger partial charge in [-0.3, -0.25) is 14.5 Å². The Bertz CT molecular complexity index is 1460. The number of β-lactam (4-membered cyclic amide) rings is 1. The molecule has 1 saturated carbocycles. The number of hydrogen-bond acceptors (Lipinski definition) is 14. The van der Waals surface area contributed by atoms with E-state index in [2.05, 4.69) is 20.4 Å². The van der Waals surface area contributed by atoms with Crippen molar-refractivity contribution in [1.82, 2.24) is 20.1 Å². The fraction of sp³-hybridized carbons (Fsp3) is 0.435. The van der Waals surface area contributed by atoms with Crippen LogP contribution in [0.1, 0.15) is 32.4 Å². The van der Waals surface area contributed by atoms with Gasteiger partial charge in [-0.25, -0.2) is 19.6 Å². The van der Waals surface area contributed by atoms with Crippen LogP contribution in [0.3, 0.4) is 0 Å². The number of oxime groups is 1. The molecule has 0 bridgehead atoms. The van der Waals surface area contributed by atoms with E-state index < -0.39 is 52.6 Å². The molecule has 1 aromatic rings. The van der Waals surface area contributed by atoms with Gasteiger partial charge in [0.25, 0.3) is 11.8 Å². The fourth-order valence-electron chi connectivity index (χ4n) is 4.41. The second-order valence-electron chi connectivity index (χ2n) is 10.1. The first-order valence-corrected chi connectivity index (χ1v) is 14.3. The summed E-state index contributed by atoms with van der Waals surface area (Å²) in [5.41, 5.74) is 15.8. The number of nitrogens with two attached hydrogens (primary N) is 3. The van der Waals surface area contributed by atoms with Crippen LogP contribution in [0.25, 0.3) is 0 Å². The van der Waals surface area contributed by atoms with Gasteiger partial charge >= 0.3 is 11.9 Å². The number of hydrogen-bond donors (Lipinski definition) is 6. The van der Waals surface area contributed by atoms with Gasteiger partial charge in [0.2, 0.25) is 5.60 Å². The first-order chi connectivity index (χ1) is 19.3. The lowest BCUT2D eigenvalue weighted by molar-refractivity contribution is -0.161. The number of fused-ring (bicyclic) bond motifs is 1. The fourth-order valence-corrected chi connectivity index (χ4v) is 6.29. The van der Waals surface area contributed by atoms with Gasteiger partial charge < -0.3 is 42.5 Å². The summed E-state index contributed by atoms with van der Waals surface area (Å²) in [7, 11) is 0. The first-order valence-electron chi connectivity index (χ1n) is 12.3. The number of carboxylic acid groups (broad SMARTS) is 2. The lowest BCUT2D eigenvalue weighted by atomic mass is 10.0. The minimum atomic E-state index is -1.77. The number of nitrogens with zero attached hydrogens (tertiary/aromatic N) is 5. The number of aromatic nitrogens is 1. The topological polar surface area (TPSA) is 252 Å². The molecule has 18 heteroatoms. The summed E-state index contributed by atoms with van der Waals surface area (Å²) in [5, 5.41) is 26.6. The van der Waals surface area contributed by atoms with Gasteiger partial charge in [-0.1, -0.05) is 5.16 Å². The Morgan fingerprint density at radius 1 is 1.24 bits per heavy atom. The van der Waals surface area contributed by atoms with Crippen LogP contribution in [0.15, 0.2) is 38.7 Å². The Kier molecular flexibility index (Phi) is 7.16. The van der Waals surface area contributed by atoms with E-state index in [4.69, 9.17) is 22.0 Å².